The molecular weight excluding hydrogens is 609 g/mol. The van der Waals surface area contributed by atoms with E-state index in [2.05, 4.69) is 9.71 Å². The lowest BCUT2D eigenvalue weighted by molar-refractivity contribution is -0.258. The fourth-order valence-corrected chi connectivity index (χ4v) is 7.20. The van der Waals surface area contributed by atoms with Crippen molar-refractivity contribution in [3.8, 4) is 17.0 Å². The molecule has 218 valence electrons. The maximum Gasteiger partial charge on any atom is 0.421 e. The molecule has 6 nitrogen and oxygen atoms in total. The van der Waals surface area contributed by atoms with Crippen molar-refractivity contribution >= 4 is 43.0 Å². The molecule has 0 saturated carbocycles. The number of aliphatic hydroxyl groups is 1. The molecule has 5 rings (SSSR count). The maximum absolute atomic E-state index is 13.5. The fraction of sp³-hybridized carbons (Fsp3) is 0.167. The van der Waals surface area contributed by atoms with E-state index in [-0.39, 0.29) is 16.2 Å². The lowest BCUT2D eigenvalue weighted by Crippen LogP contribution is -2.39. The van der Waals surface area contributed by atoms with E-state index in [0.717, 1.165) is 11.5 Å². The Balaban J connectivity index is 1.62. The molecule has 42 heavy (non-hydrogen) atoms. The van der Waals surface area contributed by atoms with E-state index in [1.807, 2.05) is 12.1 Å². The van der Waals surface area contributed by atoms with Crippen LogP contribution in [0.1, 0.15) is 29.0 Å². The molecular formula is C30H24ClF3N2O4S2. The van der Waals surface area contributed by atoms with Gasteiger partial charge in [0, 0.05) is 26.4 Å². The van der Waals surface area contributed by atoms with E-state index >= 15 is 0 Å². The second-order valence-corrected chi connectivity index (χ2v) is 12.8. The summed E-state index contributed by atoms with van der Waals surface area (Å²) in [6.07, 6.45) is -3.68. The molecule has 0 bridgehead atoms. The maximum atomic E-state index is 13.5. The third kappa shape index (κ3) is 5.75. The largest absolute Gasteiger partial charge is 0.497 e. The topological polar surface area (TPSA) is 88.5 Å². The van der Waals surface area contributed by atoms with E-state index in [1.165, 1.54) is 42.8 Å². The number of nitrogens with zero attached hydrogens (tertiary/aromatic N) is 1. The fourth-order valence-electron chi connectivity index (χ4n) is 4.43. The molecule has 2 N–H and O–H groups in total. The summed E-state index contributed by atoms with van der Waals surface area (Å²) in [6.45, 7) is 0.694. The number of ether oxygens (including phenoxy) is 1. The molecule has 12 heteroatoms. The quantitative estimate of drug-likeness (QED) is 0.185. The van der Waals surface area contributed by atoms with Crippen LogP contribution in [0.25, 0.3) is 21.3 Å². The van der Waals surface area contributed by atoms with Crippen molar-refractivity contribution in [1.82, 2.24) is 9.71 Å². The Hall–Kier alpha value is -3.48. The van der Waals surface area contributed by atoms with Crippen molar-refractivity contribution in [2.75, 3.05) is 7.11 Å². The van der Waals surface area contributed by atoms with Crippen molar-refractivity contribution in [2.45, 2.75) is 29.6 Å². The zero-order chi connectivity index (χ0) is 30.3. The van der Waals surface area contributed by atoms with Crippen LogP contribution in [-0.4, -0.2) is 31.8 Å². The molecule has 1 unspecified atom stereocenters. The molecule has 0 fully saturated rings. The van der Waals surface area contributed by atoms with Gasteiger partial charge in [-0.05, 0) is 72.0 Å². The average molecular weight is 633 g/mol. The van der Waals surface area contributed by atoms with Crippen LogP contribution in [0.15, 0.2) is 96.0 Å². The predicted octanol–water partition coefficient (Wildman–Crippen LogP) is 7.46. The molecule has 2 heterocycles. The predicted molar refractivity (Wildman–Crippen MR) is 157 cm³/mol. The molecule has 0 saturated heterocycles. The van der Waals surface area contributed by atoms with Gasteiger partial charge in [0.1, 0.15) is 5.75 Å². The molecule has 0 radical (unpaired) electrons. The van der Waals surface area contributed by atoms with Crippen LogP contribution >= 0.6 is 22.9 Å². The van der Waals surface area contributed by atoms with E-state index in [1.54, 1.807) is 48.5 Å². The molecule has 2 aromatic heterocycles. The van der Waals surface area contributed by atoms with Gasteiger partial charge in [0.15, 0.2) is 5.60 Å². The van der Waals surface area contributed by atoms with Crippen LogP contribution < -0.4 is 9.46 Å². The molecule has 0 amide bonds. The third-order valence-corrected chi connectivity index (χ3v) is 9.89. The number of benzene rings is 3. The molecule has 0 aliphatic heterocycles. The number of nitrogens with one attached hydrogen (secondary N) is 1. The summed E-state index contributed by atoms with van der Waals surface area (Å²) in [5, 5.41) is 11.3. The van der Waals surface area contributed by atoms with Crippen molar-refractivity contribution < 1.29 is 31.4 Å². The zero-order valence-corrected chi connectivity index (χ0v) is 24.6. The number of alkyl halides is 3. The summed E-state index contributed by atoms with van der Waals surface area (Å²) in [4.78, 5) is 4.91. The highest BCUT2D eigenvalue weighted by atomic mass is 35.5. The first-order chi connectivity index (χ1) is 19.8. The zero-order valence-electron chi connectivity index (χ0n) is 22.2. The molecule has 3 aromatic carbocycles. The number of halogens is 4. The highest BCUT2D eigenvalue weighted by molar-refractivity contribution is 7.89. The number of sulfonamides is 1. The second kappa shape index (κ2) is 11.3. The number of fused-ring (bicyclic) bond motifs is 1. The number of hydrogen-bond acceptors (Lipinski definition) is 6. The number of aromatic nitrogens is 1. The summed E-state index contributed by atoms with van der Waals surface area (Å²) < 4.78 is 76.2. The Morgan fingerprint density at radius 1 is 1.00 bits per heavy atom. The number of thiophene rings is 1. The minimum atomic E-state index is -4.89. The summed E-state index contributed by atoms with van der Waals surface area (Å²) in [7, 11) is -2.56. The van der Waals surface area contributed by atoms with E-state index in [0.29, 0.717) is 38.4 Å². The van der Waals surface area contributed by atoms with Gasteiger partial charge in [0.25, 0.3) is 0 Å². The normalized spacial score (nSPS) is 14.5. The second-order valence-electron chi connectivity index (χ2n) is 9.62. The lowest BCUT2D eigenvalue weighted by atomic mass is 9.94. The van der Waals surface area contributed by atoms with Gasteiger partial charge in [-0.1, -0.05) is 48.0 Å². The average Bonchev–Trinajstić information content (AvgIpc) is 3.40. The highest BCUT2D eigenvalue weighted by Crippen LogP contribution is 2.42. The SMILES string of the molecule is COc1ccc(S(=O)(=O)NC(c2cc3cccc(-c4cc([C@@](C)(O)C(F)(F)F)ccn4)c3s2)c2ccccc2Cl)cc1. The first-order valence-electron chi connectivity index (χ1n) is 12.5. The van der Waals surface area contributed by atoms with Crippen LogP contribution in [-0.2, 0) is 15.6 Å². The van der Waals surface area contributed by atoms with Crippen LogP contribution in [0.3, 0.4) is 0 Å². The van der Waals surface area contributed by atoms with Crippen molar-refractivity contribution in [3.05, 3.63) is 112 Å². The minimum Gasteiger partial charge on any atom is -0.497 e. The number of methoxy groups -OCH3 is 1. The Morgan fingerprint density at radius 3 is 2.38 bits per heavy atom. The van der Waals surface area contributed by atoms with E-state index in [4.69, 9.17) is 16.3 Å². The molecule has 5 aromatic rings. The van der Waals surface area contributed by atoms with Crippen molar-refractivity contribution in [2.24, 2.45) is 0 Å². The first-order valence-corrected chi connectivity index (χ1v) is 15.2. The van der Waals surface area contributed by atoms with Crippen molar-refractivity contribution in [3.63, 3.8) is 0 Å². The summed E-state index contributed by atoms with van der Waals surface area (Å²) >= 11 is 7.79. The minimum absolute atomic E-state index is 0.0277. The molecule has 0 aliphatic carbocycles. The van der Waals surface area contributed by atoms with Gasteiger partial charge in [-0.25, -0.2) is 8.42 Å². The number of pyridine rings is 1. The summed E-state index contributed by atoms with van der Waals surface area (Å²) in [5.74, 6) is 0.503. The van der Waals surface area contributed by atoms with E-state index < -0.39 is 27.8 Å². The van der Waals surface area contributed by atoms with Crippen LogP contribution in [0, 0.1) is 0 Å². The summed E-state index contributed by atoms with van der Waals surface area (Å²) in [6, 6.07) is 21.3. The molecule has 0 aliphatic rings. The van der Waals surface area contributed by atoms with Gasteiger partial charge in [0.2, 0.25) is 10.0 Å². The molecule has 2 atom stereocenters. The first kappa shape index (κ1) is 30.0. The van der Waals surface area contributed by atoms with Gasteiger partial charge in [-0.15, -0.1) is 11.3 Å². The van der Waals surface area contributed by atoms with Crippen molar-refractivity contribution in [1.29, 1.82) is 0 Å². The van der Waals surface area contributed by atoms with Crippen LogP contribution in [0.5, 0.6) is 5.75 Å². The number of hydrogen-bond donors (Lipinski definition) is 2. The Labute approximate surface area is 249 Å². The monoisotopic (exact) mass is 632 g/mol. The van der Waals surface area contributed by atoms with E-state index in [9.17, 15) is 26.7 Å². The smallest absolute Gasteiger partial charge is 0.421 e. The van der Waals surface area contributed by atoms with Gasteiger partial charge in [-0.3, -0.25) is 4.98 Å². The Morgan fingerprint density at radius 2 is 1.71 bits per heavy atom. The van der Waals surface area contributed by atoms with Gasteiger partial charge >= 0.3 is 6.18 Å². The molecule has 0 spiro atoms. The van der Waals surface area contributed by atoms with Crippen LogP contribution in [0.2, 0.25) is 5.02 Å². The Bertz CT molecular complexity index is 1860. The van der Waals surface area contributed by atoms with Gasteiger partial charge in [-0.2, -0.15) is 17.9 Å². The standard InChI is InChI=1S/C30H24ClF3N2O4S2/c1-29(37,30(32,33)34)19-14-15-35-25(17-19)23-8-5-6-18-16-26(41-28(18)23)27(22-7-3-4-9-24(22)31)36-42(38,39)21-12-10-20(40-2)11-13-21/h3-17,27,36-37H,1-2H3/t27?,29-/m1/s1. The highest BCUT2D eigenvalue weighted by Gasteiger charge is 2.51. The van der Waals surface area contributed by atoms with Gasteiger partial charge < -0.3 is 9.84 Å². The van der Waals surface area contributed by atoms with Crippen LogP contribution in [0.4, 0.5) is 13.2 Å². The Kier molecular flexibility index (Phi) is 8.08. The third-order valence-electron chi connectivity index (χ3n) is 6.86. The summed E-state index contributed by atoms with van der Waals surface area (Å²) in [5.41, 5.74) is -2.15. The number of rotatable bonds is 8. The lowest BCUT2D eigenvalue weighted by Gasteiger charge is -2.26. The van der Waals surface area contributed by atoms with Gasteiger partial charge in [0.05, 0.1) is 23.7 Å².